The Hall–Kier alpha value is -2.41. The van der Waals surface area contributed by atoms with Gasteiger partial charge in [0.2, 0.25) is 5.91 Å². The summed E-state index contributed by atoms with van der Waals surface area (Å²) in [6.45, 7) is 2.17. The van der Waals surface area contributed by atoms with Crippen molar-refractivity contribution in [3.8, 4) is 11.4 Å². The molecule has 3 aromatic rings. The molecular weight excluding hydrogens is 402 g/mol. The number of carbonyl (C=O) groups is 1. The number of hydrogen-bond donors (Lipinski definition) is 1. The Morgan fingerprint density at radius 3 is 2.57 bits per heavy atom. The Labute approximate surface area is 182 Å². The van der Waals surface area contributed by atoms with Crippen molar-refractivity contribution in [3.63, 3.8) is 0 Å². The molecule has 0 radical (unpaired) electrons. The number of aromatic amines is 1. The molecule has 0 bridgehead atoms. The van der Waals surface area contributed by atoms with Crippen molar-refractivity contribution in [2.24, 2.45) is 0 Å². The Kier molecular flexibility index (Phi) is 8.25. The van der Waals surface area contributed by atoms with Gasteiger partial charge in [0.05, 0.1) is 24.6 Å². The molecule has 1 aromatic carbocycles. The maximum atomic E-state index is 12.7. The Bertz CT molecular complexity index is 951. The summed E-state index contributed by atoms with van der Waals surface area (Å²) in [4.78, 5) is 22.5. The number of rotatable bonds is 11. The predicted octanol–water partition coefficient (Wildman–Crippen LogP) is 4.33. The number of aromatic nitrogens is 2. The second-order valence-corrected chi connectivity index (χ2v) is 7.54. The zero-order valence-corrected chi connectivity index (χ0v) is 18.2. The molecule has 0 atom stereocenters. The van der Waals surface area contributed by atoms with E-state index in [1.807, 2.05) is 36.4 Å². The second-order valence-electron chi connectivity index (χ2n) is 7.10. The number of hydrogen-bond acceptors (Lipinski definition) is 4. The van der Waals surface area contributed by atoms with Crippen LogP contribution in [0.15, 0.2) is 42.6 Å². The molecule has 2 heterocycles. The molecule has 160 valence electrons. The van der Waals surface area contributed by atoms with E-state index >= 15 is 0 Å². The highest BCUT2D eigenvalue weighted by molar-refractivity contribution is 6.31. The molecular formula is C23H28ClN3O3. The van der Waals surface area contributed by atoms with E-state index in [9.17, 15) is 4.79 Å². The number of benzene rings is 1. The highest BCUT2D eigenvalue weighted by Crippen LogP contribution is 2.32. The molecule has 7 heteroatoms. The largest absolute Gasteiger partial charge is 0.383 e. The lowest BCUT2D eigenvalue weighted by molar-refractivity contribution is -0.132. The van der Waals surface area contributed by atoms with Crippen molar-refractivity contribution in [2.45, 2.75) is 19.3 Å². The predicted molar refractivity (Wildman–Crippen MR) is 120 cm³/mol. The van der Waals surface area contributed by atoms with Crippen molar-refractivity contribution >= 4 is 28.4 Å². The van der Waals surface area contributed by atoms with Gasteiger partial charge >= 0.3 is 0 Å². The topological polar surface area (TPSA) is 67.5 Å². The molecule has 0 aliphatic rings. The monoisotopic (exact) mass is 429 g/mol. The van der Waals surface area contributed by atoms with Gasteiger partial charge in [-0.15, -0.1) is 0 Å². The third-order valence-electron chi connectivity index (χ3n) is 5.09. The van der Waals surface area contributed by atoms with Crippen LogP contribution < -0.4 is 0 Å². The van der Waals surface area contributed by atoms with Gasteiger partial charge in [-0.05, 0) is 48.7 Å². The standard InChI is InChI=1S/C23H28ClN3O3/c1-29-14-12-27(13-15-30-2)22(28)8-5-6-18-19-16-17(24)9-10-20(19)26-23(18)21-7-3-4-11-25-21/h3-4,7,9-11,16,26H,5-6,8,12-15H2,1-2H3. The van der Waals surface area contributed by atoms with Gasteiger partial charge in [0.1, 0.15) is 0 Å². The van der Waals surface area contributed by atoms with Crippen molar-refractivity contribution in [1.82, 2.24) is 14.9 Å². The number of ether oxygens (including phenoxy) is 2. The van der Waals surface area contributed by atoms with Crippen LogP contribution in [0.5, 0.6) is 0 Å². The first kappa shape index (κ1) is 22.3. The van der Waals surface area contributed by atoms with E-state index in [-0.39, 0.29) is 5.91 Å². The number of nitrogens with one attached hydrogen (secondary N) is 1. The number of aryl methyl sites for hydroxylation is 1. The van der Waals surface area contributed by atoms with E-state index in [1.54, 1.807) is 25.3 Å². The summed E-state index contributed by atoms with van der Waals surface area (Å²) in [6, 6.07) is 11.7. The van der Waals surface area contributed by atoms with Crippen LogP contribution in [0.25, 0.3) is 22.3 Å². The summed E-state index contributed by atoms with van der Waals surface area (Å²) in [5.74, 6) is 0.112. The van der Waals surface area contributed by atoms with Crippen LogP contribution in [0.2, 0.25) is 5.02 Å². The molecule has 1 amide bonds. The van der Waals surface area contributed by atoms with Crippen molar-refractivity contribution in [1.29, 1.82) is 0 Å². The lowest BCUT2D eigenvalue weighted by Gasteiger charge is -2.22. The summed E-state index contributed by atoms with van der Waals surface area (Å²) in [5.41, 5.74) is 4.02. The van der Waals surface area contributed by atoms with E-state index < -0.39 is 0 Å². The molecule has 0 fully saturated rings. The van der Waals surface area contributed by atoms with Crippen LogP contribution in [0.3, 0.4) is 0 Å². The number of H-pyrrole nitrogens is 1. The van der Waals surface area contributed by atoms with Gasteiger partial charge in [0.15, 0.2) is 0 Å². The van der Waals surface area contributed by atoms with Gasteiger partial charge in [-0.3, -0.25) is 9.78 Å². The molecule has 0 unspecified atom stereocenters. The van der Waals surface area contributed by atoms with Gasteiger partial charge < -0.3 is 19.4 Å². The molecule has 0 spiro atoms. The first-order valence-corrected chi connectivity index (χ1v) is 10.5. The lowest BCUT2D eigenvalue weighted by atomic mass is 10.0. The maximum absolute atomic E-state index is 12.7. The van der Waals surface area contributed by atoms with Crippen LogP contribution in [-0.2, 0) is 20.7 Å². The summed E-state index contributed by atoms with van der Waals surface area (Å²) in [6.07, 6.45) is 3.72. The van der Waals surface area contributed by atoms with E-state index in [1.165, 1.54) is 0 Å². The minimum Gasteiger partial charge on any atom is -0.383 e. The van der Waals surface area contributed by atoms with E-state index in [2.05, 4.69) is 9.97 Å². The number of methoxy groups -OCH3 is 2. The summed E-state index contributed by atoms with van der Waals surface area (Å²) < 4.78 is 10.3. The Morgan fingerprint density at radius 1 is 1.13 bits per heavy atom. The highest BCUT2D eigenvalue weighted by Gasteiger charge is 2.17. The van der Waals surface area contributed by atoms with Crippen LogP contribution in [0, 0.1) is 0 Å². The minimum atomic E-state index is 0.112. The van der Waals surface area contributed by atoms with Crippen LogP contribution >= 0.6 is 11.6 Å². The van der Waals surface area contributed by atoms with E-state index in [4.69, 9.17) is 21.1 Å². The number of pyridine rings is 1. The van der Waals surface area contributed by atoms with E-state index in [0.29, 0.717) is 37.7 Å². The summed E-state index contributed by atoms with van der Waals surface area (Å²) in [7, 11) is 3.28. The minimum absolute atomic E-state index is 0.112. The molecule has 1 N–H and O–H groups in total. The molecule has 0 saturated carbocycles. The fourth-order valence-corrected chi connectivity index (χ4v) is 3.72. The first-order valence-electron chi connectivity index (χ1n) is 10.1. The number of fused-ring (bicyclic) bond motifs is 1. The Morgan fingerprint density at radius 2 is 1.90 bits per heavy atom. The zero-order chi connectivity index (χ0) is 21.3. The van der Waals surface area contributed by atoms with Crippen LogP contribution in [0.4, 0.5) is 0 Å². The molecule has 30 heavy (non-hydrogen) atoms. The van der Waals surface area contributed by atoms with Gasteiger partial charge in [-0.25, -0.2) is 0 Å². The number of halogens is 1. The van der Waals surface area contributed by atoms with Crippen molar-refractivity contribution in [2.75, 3.05) is 40.5 Å². The zero-order valence-electron chi connectivity index (χ0n) is 17.5. The molecule has 0 aliphatic heterocycles. The third-order valence-corrected chi connectivity index (χ3v) is 5.33. The van der Waals surface area contributed by atoms with Gasteiger partial charge in [-0.1, -0.05) is 17.7 Å². The highest BCUT2D eigenvalue weighted by atomic mass is 35.5. The fourth-order valence-electron chi connectivity index (χ4n) is 3.55. The molecule has 0 saturated heterocycles. The normalized spacial score (nSPS) is 11.2. The summed E-state index contributed by atoms with van der Waals surface area (Å²) in [5, 5.41) is 1.77. The Balaban J connectivity index is 1.76. The molecule has 2 aromatic heterocycles. The van der Waals surface area contributed by atoms with Crippen LogP contribution in [-0.4, -0.2) is 61.3 Å². The first-order chi connectivity index (χ1) is 14.6. The summed E-state index contributed by atoms with van der Waals surface area (Å²) >= 11 is 6.25. The molecule has 0 aliphatic carbocycles. The average Bonchev–Trinajstić information content (AvgIpc) is 3.12. The fraction of sp³-hybridized carbons (Fsp3) is 0.391. The third kappa shape index (κ3) is 5.59. The SMILES string of the molecule is COCCN(CCOC)C(=O)CCCc1c(-c2ccccn2)[nH]c2ccc(Cl)cc12. The smallest absolute Gasteiger partial charge is 0.222 e. The number of nitrogens with zero attached hydrogens (tertiary/aromatic N) is 2. The van der Waals surface area contributed by atoms with Gasteiger partial charge in [-0.2, -0.15) is 0 Å². The van der Waals surface area contributed by atoms with Crippen molar-refractivity contribution < 1.29 is 14.3 Å². The second kappa shape index (κ2) is 11.1. The number of amides is 1. The van der Waals surface area contributed by atoms with E-state index in [0.717, 1.165) is 40.7 Å². The van der Waals surface area contributed by atoms with Gasteiger partial charge in [0.25, 0.3) is 0 Å². The molecule has 6 nitrogen and oxygen atoms in total. The van der Waals surface area contributed by atoms with Gasteiger partial charge in [0, 0.05) is 55.9 Å². The van der Waals surface area contributed by atoms with Crippen LogP contribution in [0.1, 0.15) is 18.4 Å². The maximum Gasteiger partial charge on any atom is 0.222 e. The molecule has 3 rings (SSSR count). The quantitative estimate of drug-likeness (QED) is 0.492. The van der Waals surface area contributed by atoms with Crippen molar-refractivity contribution in [3.05, 3.63) is 53.2 Å². The average molecular weight is 430 g/mol. The number of carbonyl (C=O) groups excluding carboxylic acids is 1. The lowest BCUT2D eigenvalue weighted by Crippen LogP contribution is -2.36.